The van der Waals surface area contributed by atoms with E-state index in [9.17, 15) is 39.4 Å². The zero-order chi connectivity index (χ0) is 56.2. The summed E-state index contributed by atoms with van der Waals surface area (Å²) in [5.41, 5.74) is -0.824. The molecule has 22 heteroatoms. The van der Waals surface area contributed by atoms with Gasteiger partial charge in [-0.25, -0.2) is 9.59 Å². The van der Waals surface area contributed by atoms with Gasteiger partial charge in [-0.3, -0.25) is 29.8 Å². The third-order valence-corrected chi connectivity index (χ3v) is 14.5. The van der Waals surface area contributed by atoms with Crippen LogP contribution in [0.1, 0.15) is 107 Å². The van der Waals surface area contributed by atoms with Gasteiger partial charge in [-0.1, -0.05) is 48.5 Å². The second-order valence-electron chi connectivity index (χ2n) is 21.4. The fourth-order valence-electron chi connectivity index (χ4n) is 10.5. The summed E-state index contributed by atoms with van der Waals surface area (Å²) >= 11 is 13.3. The van der Waals surface area contributed by atoms with Crippen molar-refractivity contribution < 1.29 is 66.9 Å². The first-order valence-electron chi connectivity index (χ1n) is 25.4. The van der Waals surface area contributed by atoms with Gasteiger partial charge in [0.05, 0.1) is 44.5 Å². The van der Waals surface area contributed by atoms with Crippen LogP contribution in [0.3, 0.4) is 0 Å². The van der Waals surface area contributed by atoms with Crippen molar-refractivity contribution in [2.24, 2.45) is 0 Å². The number of carbonyl (C=O) groups excluding carboxylic acids is 4. The van der Waals surface area contributed by atoms with Gasteiger partial charge in [0.15, 0.2) is 23.0 Å². The standard InChI is InChI=1S/C57H54Cl2N4O16/c1-56(2,3)78-54(66)52(36-18-44-46(74-28-72-44)20-38(36)62(68)69)76-42-22-40-50(34-14-9-7-12-32(34)42)30(24-58)26-60(40)48(64)16-11-17-49(65)61-27-31(25-59)51-35-15-10-8-13-33(35)43(23-41(51)61)77-53(55(67)79-57(4,5)6)37-19-45-47(75-29-73-45)21-39(37)63(70)71/h7-10,12-15,18-23,30-31,52-53H,11,16-17,24-29H2,1-6H3/t30-,31-,52?,53?/m1/s1. The largest absolute Gasteiger partial charge is 0.473 e. The molecule has 79 heavy (non-hydrogen) atoms. The lowest BCUT2D eigenvalue weighted by molar-refractivity contribution is -0.386. The van der Waals surface area contributed by atoms with Crippen molar-refractivity contribution >= 4 is 91.2 Å². The predicted octanol–water partition coefficient (Wildman–Crippen LogP) is 11.4. The Morgan fingerprint density at radius 2 is 0.937 bits per heavy atom. The molecule has 0 bridgehead atoms. The number of alkyl halides is 2. The van der Waals surface area contributed by atoms with E-state index in [0.717, 1.165) is 11.1 Å². The first-order valence-corrected chi connectivity index (χ1v) is 26.5. The molecule has 10 rings (SSSR count). The van der Waals surface area contributed by atoms with Crippen LogP contribution in [-0.4, -0.2) is 83.2 Å². The lowest BCUT2D eigenvalue weighted by atomic mass is 9.95. The maximum Gasteiger partial charge on any atom is 0.352 e. The minimum atomic E-state index is -1.69. The fourth-order valence-corrected chi connectivity index (χ4v) is 11.0. The van der Waals surface area contributed by atoms with Gasteiger partial charge in [0, 0.05) is 72.4 Å². The highest BCUT2D eigenvalue weighted by Gasteiger charge is 2.42. The lowest BCUT2D eigenvalue weighted by Crippen LogP contribution is -2.32. The normalized spacial score (nSPS) is 16.8. The fraction of sp³-hybridized carbons (Fsp3) is 0.368. The Balaban J connectivity index is 0.941. The number of amides is 2. The zero-order valence-electron chi connectivity index (χ0n) is 43.8. The third-order valence-electron chi connectivity index (χ3n) is 13.7. The molecule has 20 nitrogen and oxygen atoms in total. The molecule has 412 valence electrons. The van der Waals surface area contributed by atoms with Crippen molar-refractivity contribution in [2.75, 3.05) is 48.2 Å². The molecule has 4 heterocycles. The quantitative estimate of drug-likeness (QED) is 0.0379. The Hall–Kier alpha value is -8.10. The van der Waals surface area contributed by atoms with E-state index in [1.165, 1.54) is 24.3 Å². The first-order chi connectivity index (χ1) is 37.6. The number of hydrogen-bond acceptors (Lipinski definition) is 16. The van der Waals surface area contributed by atoms with Crippen LogP contribution in [0.2, 0.25) is 0 Å². The summed E-state index contributed by atoms with van der Waals surface area (Å²) in [6.45, 7) is 9.96. The van der Waals surface area contributed by atoms with Crippen molar-refractivity contribution in [3.8, 4) is 34.5 Å². The molecule has 6 aromatic carbocycles. The minimum Gasteiger partial charge on any atom is -0.473 e. The van der Waals surface area contributed by atoms with E-state index in [1.807, 2.05) is 24.3 Å². The molecule has 0 radical (unpaired) electrons. The van der Waals surface area contributed by atoms with Gasteiger partial charge in [0.2, 0.25) is 37.6 Å². The van der Waals surface area contributed by atoms with E-state index >= 15 is 0 Å². The molecule has 0 aromatic heterocycles. The summed E-state index contributed by atoms with van der Waals surface area (Å²) in [4.78, 5) is 84.3. The highest BCUT2D eigenvalue weighted by atomic mass is 35.5. The molecule has 0 aliphatic carbocycles. The van der Waals surface area contributed by atoms with E-state index in [1.54, 1.807) is 87.7 Å². The van der Waals surface area contributed by atoms with E-state index in [0.29, 0.717) is 32.9 Å². The molecule has 0 N–H and O–H groups in total. The average molecular weight is 1120 g/mol. The van der Waals surface area contributed by atoms with Crippen molar-refractivity contribution in [3.05, 3.63) is 127 Å². The summed E-state index contributed by atoms with van der Waals surface area (Å²) in [6.07, 6.45) is -3.42. The van der Waals surface area contributed by atoms with Crippen LogP contribution in [0.25, 0.3) is 21.5 Å². The summed E-state index contributed by atoms with van der Waals surface area (Å²) in [7, 11) is 0. The van der Waals surface area contributed by atoms with Crippen LogP contribution in [0.4, 0.5) is 22.7 Å². The highest BCUT2D eigenvalue weighted by molar-refractivity contribution is 6.19. The summed E-state index contributed by atoms with van der Waals surface area (Å²) in [5.74, 6) is -1.99. The number of ether oxygens (including phenoxy) is 8. The number of hydrogen-bond donors (Lipinski definition) is 0. The maximum atomic E-state index is 14.5. The van der Waals surface area contributed by atoms with Gasteiger partial charge in [-0.05, 0) is 82.0 Å². The summed E-state index contributed by atoms with van der Waals surface area (Å²) in [5, 5.41) is 27.5. The number of rotatable bonds is 16. The number of carbonyl (C=O) groups is 4. The van der Waals surface area contributed by atoms with Gasteiger partial charge in [-0.2, -0.15) is 0 Å². The van der Waals surface area contributed by atoms with Crippen LogP contribution in [0.5, 0.6) is 34.5 Å². The number of anilines is 2. The molecule has 4 aliphatic heterocycles. The van der Waals surface area contributed by atoms with Crippen LogP contribution in [0.15, 0.2) is 84.9 Å². The van der Waals surface area contributed by atoms with Gasteiger partial charge in [0.1, 0.15) is 22.7 Å². The molecule has 0 saturated carbocycles. The molecule has 2 amide bonds. The average Bonchev–Trinajstić information content (AvgIpc) is 4.37. The lowest BCUT2D eigenvalue weighted by Gasteiger charge is -2.26. The Morgan fingerprint density at radius 1 is 0.582 bits per heavy atom. The Bertz CT molecular complexity index is 3280. The SMILES string of the molecule is CC(C)(C)OC(=O)C(Oc1cc2c(c3ccccc13)[C@H](CCl)CN2C(=O)CCCC(=O)N1C[C@@H](CCl)c2c1cc(OC(C(=O)OC(C)(C)C)c1cc3c(cc1[N+](=O)[O-])OCO3)c1ccccc21)c1cc2c(cc1[N+](=O)[O-])OCO2. The molecule has 4 atom stereocenters. The van der Waals surface area contributed by atoms with Crippen LogP contribution in [0, 0.1) is 20.2 Å². The summed E-state index contributed by atoms with van der Waals surface area (Å²) < 4.78 is 46.7. The van der Waals surface area contributed by atoms with Gasteiger partial charge in [-0.15, -0.1) is 23.2 Å². The van der Waals surface area contributed by atoms with E-state index < -0.39 is 56.6 Å². The predicted molar refractivity (Wildman–Crippen MR) is 290 cm³/mol. The molecule has 2 unspecified atom stereocenters. The summed E-state index contributed by atoms with van der Waals surface area (Å²) in [6, 6.07) is 22.7. The maximum absolute atomic E-state index is 14.5. The number of nitrogens with zero attached hydrogens (tertiary/aromatic N) is 4. The van der Waals surface area contributed by atoms with E-state index in [-0.39, 0.29) is 127 Å². The van der Waals surface area contributed by atoms with E-state index in [2.05, 4.69) is 0 Å². The number of halogens is 2. The van der Waals surface area contributed by atoms with Crippen molar-refractivity contribution in [3.63, 3.8) is 0 Å². The molecule has 0 fully saturated rings. The number of benzene rings is 6. The van der Waals surface area contributed by atoms with Crippen LogP contribution in [-0.2, 0) is 28.7 Å². The van der Waals surface area contributed by atoms with Gasteiger partial charge < -0.3 is 47.7 Å². The van der Waals surface area contributed by atoms with Crippen LogP contribution < -0.4 is 38.2 Å². The van der Waals surface area contributed by atoms with Crippen LogP contribution >= 0.6 is 23.2 Å². The Morgan fingerprint density at radius 3 is 1.28 bits per heavy atom. The Kier molecular flexibility index (Phi) is 14.6. The second kappa shape index (κ2) is 21.3. The van der Waals surface area contributed by atoms with E-state index in [4.69, 9.17) is 61.1 Å². The number of nitro groups is 2. The molecular formula is C57H54Cl2N4O16. The number of fused-ring (bicyclic) bond motifs is 8. The van der Waals surface area contributed by atoms with Gasteiger partial charge in [0.25, 0.3) is 11.4 Å². The smallest absolute Gasteiger partial charge is 0.352 e. The van der Waals surface area contributed by atoms with Gasteiger partial charge >= 0.3 is 11.9 Å². The molecule has 0 saturated heterocycles. The molecule has 0 spiro atoms. The second-order valence-corrected chi connectivity index (χ2v) is 22.0. The minimum absolute atomic E-state index is 0.0786. The Labute approximate surface area is 462 Å². The molecule has 4 aliphatic rings. The van der Waals surface area contributed by atoms with Crippen molar-refractivity contribution in [1.82, 2.24) is 0 Å². The first kappa shape index (κ1) is 54.3. The van der Waals surface area contributed by atoms with Crippen molar-refractivity contribution in [1.29, 1.82) is 0 Å². The number of nitro benzene ring substituents is 2. The molecular weight excluding hydrogens is 1070 g/mol. The zero-order valence-corrected chi connectivity index (χ0v) is 45.3. The topological polar surface area (TPSA) is 235 Å². The number of esters is 2. The molecule has 6 aromatic rings. The third kappa shape index (κ3) is 10.7. The monoisotopic (exact) mass is 1120 g/mol. The van der Waals surface area contributed by atoms with Crippen molar-refractivity contribution in [2.45, 2.75) is 96.1 Å². The highest BCUT2D eigenvalue weighted by Crippen LogP contribution is 2.51.